The maximum absolute atomic E-state index is 9.65. The van der Waals surface area contributed by atoms with E-state index in [1.807, 2.05) is 42.5 Å². The van der Waals surface area contributed by atoms with Crippen LogP contribution in [-0.4, -0.2) is 9.97 Å². The summed E-state index contributed by atoms with van der Waals surface area (Å²) >= 11 is 0. The summed E-state index contributed by atoms with van der Waals surface area (Å²) in [6, 6.07) is 55.7. The van der Waals surface area contributed by atoms with E-state index in [1.54, 1.807) is 12.4 Å². The average Bonchev–Trinajstić information content (AvgIpc) is 3.23. The minimum Gasteiger partial charge on any atom is -0.456 e. The van der Waals surface area contributed by atoms with Crippen molar-refractivity contribution >= 4 is 43.1 Å². The Kier molecular flexibility index (Phi) is 6.28. The molecule has 0 atom stereocenters. The van der Waals surface area contributed by atoms with E-state index in [0.717, 1.165) is 67.0 Å². The molecule has 0 saturated heterocycles. The summed E-state index contributed by atoms with van der Waals surface area (Å²) in [5, 5.41) is 19.0. The number of rotatable bonds is 4. The van der Waals surface area contributed by atoms with Gasteiger partial charge in [0.25, 0.3) is 0 Å². The fourth-order valence-electron chi connectivity index (χ4n) is 8.19. The second kappa shape index (κ2) is 11.3. The normalized spacial score (nSPS) is 11.9. The van der Waals surface area contributed by atoms with Crippen LogP contribution in [0.5, 0.6) is 11.5 Å². The Bertz CT molecular complexity index is 3080. The number of nitrogens with zero attached hydrogens (tertiary/aromatic N) is 3. The Balaban J connectivity index is 0.927. The highest BCUT2D eigenvalue weighted by atomic mass is 16.5. The minimum atomic E-state index is 0.658. The van der Waals surface area contributed by atoms with Crippen LogP contribution < -0.4 is 4.74 Å². The Hall–Kier alpha value is -7.35. The van der Waals surface area contributed by atoms with Gasteiger partial charge in [-0.2, -0.15) is 5.26 Å². The Morgan fingerprint density at radius 2 is 1.04 bits per heavy atom. The molecule has 0 unspecified atom stereocenters. The topological polar surface area (TPSA) is 58.8 Å². The maximum atomic E-state index is 9.65. The number of nitriles is 1. The third kappa shape index (κ3) is 4.62. The number of ether oxygens (including phenoxy) is 1. The predicted octanol–water partition coefficient (Wildman–Crippen LogP) is 12.8. The van der Waals surface area contributed by atoms with Gasteiger partial charge in [-0.1, -0.05) is 78.9 Å². The van der Waals surface area contributed by atoms with Gasteiger partial charge in [0.15, 0.2) is 0 Å². The van der Waals surface area contributed by atoms with E-state index >= 15 is 0 Å². The predicted molar refractivity (Wildman–Crippen MR) is 215 cm³/mol. The van der Waals surface area contributed by atoms with E-state index in [1.165, 1.54) is 43.4 Å². The lowest BCUT2D eigenvalue weighted by atomic mass is 9.89. The molecule has 244 valence electrons. The first-order valence-electron chi connectivity index (χ1n) is 17.7. The van der Waals surface area contributed by atoms with Crippen molar-refractivity contribution in [1.82, 2.24) is 9.97 Å². The van der Waals surface area contributed by atoms with Gasteiger partial charge in [-0.15, -0.1) is 0 Å². The van der Waals surface area contributed by atoms with E-state index < -0.39 is 0 Å². The summed E-state index contributed by atoms with van der Waals surface area (Å²) in [6.07, 6.45) is 3.61. The van der Waals surface area contributed by atoms with Crippen LogP contribution in [0.4, 0.5) is 0 Å². The first-order valence-corrected chi connectivity index (χ1v) is 17.7. The zero-order chi connectivity index (χ0) is 35.0. The number of benzene rings is 8. The maximum Gasteiger partial charge on any atom is 0.136 e. The molecule has 0 bridgehead atoms. The molecule has 0 fully saturated rings. The number of aromatic nitrogens is 2. The second-order valence-electron chi connectivity index (χ2n) is 13.7. The first kappa shape index (κ1) is 29.4. The van der Waals surface area contributed by atoms with Gasteiger partial charge >= 0.3 is 0 Å². The third-order valence-corrected chi connectivity index (χ3v) is 10.7. The SMILES string of the molecule is N#Cc1ccc2c3c(cccc13)-c1ccc(-c3ccc(-c4cc5ccc6cc(-c7cccc(-c8ccncc8)n7)cc7ccc(c4)c5c67)cc3)cc1O2. The molecule has 4 nitrogen and oxygen atoms in total. The van der Waals surface area contributed by atoms with Crippen LogP contribution in [0.1, 0.15) is 5.56 Å². The third-order valence-electron chi connectivity index (χ3n) is 10.7. The number of hydrogen-bond acceptors (Lipinski definition) is 4. The number of fused-ring (bicyclic) bond motifs is 2. The fourth-order valence-corrected chi connectivity index (χ4v) is 8.19. The molecule has 11 rings (SSSR count). The fraction of sp³-hybridized carbons (Fsp3) is 0. The molecule has 0 aliphatic carbocycles. The van der Waals surface area contributed by atoms with Crippen LogP contribution >= 0.6 is 0 Å². The molecule has 1 aliphatic heterocycles. The lowest BCUT2D eigenvalue weighted by molar-refractivity contribution is 0.487. The Morgan fingerprint density at radius 1 is 0.434 bits per heavy atom. The minimum absolute atomic E-state index is 0.658. The van der Waals surface area contributed by atoms with Gasteiger partial charge in [-0.25, -0.2) is 4.98 Å². The van der Waals surface area contributed by atoms with Crippen LogP contribution in [0.25, 0.3) is 99.0 Å². The lowest BCUT2D eigenvalue weighted by Crippen LogP contribution is -1.98. The second-order valence-corrected chi connectivity index (χ2v) is 13.7. The summed E-state index contributed by atoms with van der Waals surface area (Å²) in [4.78, 5) is 9.17. The van der Waals surface area contributed by atoms with Crippen molar-refractivity contribution in [2.45, 2.75) is 0 Å². The molecule has 0 spiro atoms. The van der Waals surface area contributed by atoms with Crippen molar-refractivity contribution in [3.8, 4) is 73.5 Å². The van der Waals surface area contributed by atoms with Crippen LogP contribution in [0.3, 0.4) is 0 Å². The Labute approximate surface area is 305 Å². The molecular weight excluding hydrogens is 647 g/mol. The molecule has 0 N–H and O–H groups in total. The van der Waals surface area contributed by atoms with Gasteiger partial charge in [0.2, 0.25) is 0 Å². The van der Waals surface area contributed by atoms with Gasteiger partial charge in [0.1, 0.15) is 11.5 Å². The number of pyridine rings is 2. The highest BCUT2D eigenvalue weighted by molar-refractivity contribution is 6.24. The zero-order valence-corrected chi connectivity index (χ0v) is 28.3. The van der Waals surface area contributed by atoms with Crippen molar-refractivity contribution in [3.63, 3.8) is 0 Å². The molecule has 10 aromatic rings. The van der Waals surface area contributed by atoms with E-state index in [2.05, 4.69) is 120 Å². The lowest BCUT2D eigenvalue weighted by Gasteiger charge is -2.22. The average molecular weight is 674 g/mol. The summed E-state index contributed by atoms with van der Waals surface area (Å²) in [7, 11) is 0. The van der Waals surface area contributed by atoms with E-state index in [0.29, 0.717) is 5.56 Å². The van der Waals surface area contributed by atoms with E-state index in [4.69, 9.17) is 9.72 Å². The van der Waals surface area contributed by atoms with Crippen molar-refractivity contribution in [1.29, 1.82) is 5.26 Å². The first-order chi connectivity index (χ1) is 26.2. The molecule has 2 aromatic heterocycles. The van der Waals surface area contributed by atoms with Crippen molar-refractivity contribution in [3.05, 3.63) is 170 Å². The Morgan fingerprint density at radius 3 is 1.72 bits per heavy atom. The van der Waals surface area contributed by atoms with Crippen LogP contribution in [0.2, 0.25) is 0 Å². The van der Waals surface area contributed by atoms with Gasteiger partial charge in [-0.05, 0) is 133 Å². The van der Waals surface area contributed by atoms with Crippen molar-refractivity contribution < 1.29 is 4.74 Å². The van der Waals surface area contributed by atoms with Gasteiger partial charge < -0.3 is 4.74 Å². The molecule has 0 amide bonds. The van der Waals surface area contributed by atoms with Gasteiger partial charge in [0.05, 0.1) is 23.0 Å². The molecule has 0 saturated carbocycles. The summed E-state index contributed by atoms with van der Waals surface area (Å²) in [5.41, 5.74) is 11.4. The summed E-state index contributed by atoms with van der Waals surface area (Å²) in [5.74, 6) is 1.61. The molecular formula is C49H27N3O. The molecule has 3 heterocycles. The van der Waals surface area contributed by atoms with Gasteiger partial charge in [-0.3, -0.25) is 4.98 Å². The monoisotopic (exact) mass is 673 g/mol. The van der Waals surface area contributed by atoms with Crippen molar-refractivity contribution in [2.24, 2.45) is 0 Å². The highest BCUT2D eigenvalue weighted by Crippen LogP contribution is 2.48. The summed E-state index contributed by atoms with van der Waals surface area (Å²) in [6.45, 7) is 0. The molecule has 8 aromatic carbocycles. The number of hydrogen-bond donors (Lipinski definition) is 0. The molecule has 4 heteroatoms. The van der Waals surface area contributed by atoms with Crippen LogP contribution in [-0.2, 0) is 0 Å². The summed E-state index contributed by atoms with van der Waals surface area (Å²) < 4.78 is 6.44. The molecule has 1 aliphatic rings. The standard InChI is InChI=1S/C49H27N3O/c50-28-37-16-18-45-49-40(37)3-1-4-42(49)41-17-15-32(27-46(41)53-45)29-7-9-30(10-8-29)38-23-33-11-13-35-25-39(26-36-14-12-34(24-38)47(33)48(35)36)44-6-2-5-43(52-44)31-19-21-51-22-20-31/h1-27H. The highest BCUT2D eigenvalue weighted by Gasteiger charge is 2.22. The molecule has 53 heavy (non-hydrogen) atoms. The smallest absolute Gasteiger partial charge is 0.136 e. The van der Waals surface area contributed by atoms with Crippen molar-refractivity contribution in [2.75, 3.05) is 0 Å². The quantitative estimate of drug-likeness (QED) is 0.174. The largest absolute Gasteiger partial charge is 0.456 e. The van der Waals surface area contributed by atoms with Crippen LogP contribution in [0.15, 0.2) is 164 Å². The van der Waals surface area contributed by atoms with Gasteiger partial charge in [0, 0.05) is 39.9 Å². The van der Waals surface area contributed by atoms with E-state index in [9.17, 15) is 5.26 Å². The zero-order valence-electron chi connectivity index (χ0n) is 28.3. The van der Waals surface area contributed by atoms with Crippen LogP contribution in [0, 0.1) is 11.3 Å². The van der Waals surface area contributed by atoms with E-state index in [-0.39, 0.29) is 0 Å². The molecule has 0 radical (unpaired) electrons.